The Bertz CT molecular complexity index is 1130. The summed E-state index contributed by atoms with van der Waals surface area (Å²) in [4.78, 5) is 39.3. The highest BCUT2D eigenvalue weighted by molar-refractivity contribution is 7.92. The Morgan fingerprint density at radius 2 is 1.71 bits per heavy atom. The summed E-state index contributed by atoms with van der Waals surface area (Å²) in [5, 5.41) is 2.80. The van der Waals surface area contributed by atoms with Crippen LogP contribution in [-0.4, -0.2) is 56.3 Å². The molecule has 0 aromatic heterocycles. The normalized spacial score (nSPS) is 12.0. The molecule has 1 N–H and O–H groups in total. The molecule has 2 aromatic carbocycles. The van der Waals surface area contributed by atoms with E-state index in [-0.39, 0.29) is 23.9 Å². The van der Waals surface area contributed by atoms with Crippen molar-refractivity contribution >= 4 is 33.3 Å². The summed E-state index contributed by atoms with van der Waals surface area (Å²) in [6, 6.07) is 12.9. The summed E-state index contributed by atoms with van der Waals surface area (Å²) < 4.78 is 26.2. The van der Waals surface area contributed by atoms with Crippen LogP contribution in [0.5, 0.6) is 0 Å². The van der Waals surface area contributed by atoms with Gasteiger partial charge < -0.3 is 10.2 Å². The zero-order chi connectivity index (χ0) is 25.5. The van der Waals surface area contributed by atoms with Gasteiger partial charge in [-0.15, -0.1) is 0 Å². The van der Waals surface area contributed by atoms with Crippen LogP contribution in [0.3, 0.4) is 0 Å². The number of anilines is 1. The third-order valence-corrected chi connectivity index (χ3v) is 6.55. The van der Waals surface area contributed by atoms with E-state index in [1.54, 1.807) is 19.1 Å². The molecule has 2 aromatic rings. The largest absolute Gasteiger partial charge is 0.354 e. The Balaban J connectivity index is 2.40. The number of carbonyl (C=O) groups is 3. The smallest absolute Gasteiger partial charge is 0.244 e. The number of nitrogens with zero attached hydrogens (tertiary/aromatic N) is 2. The number of benzene rings is 2. The number of hydrogen-bond acceptors (Lipinski definition) is 5. The second kappa shape index (κ2) is 11.8. The van der Waals surface area contributed by atoms with Gasteiger partial charge in [0.2, 0.25) is 21.8 Å². The number of sulfonamides is 1. The van der Waals surface area contributed by atoms with Crippen molar-refractivity contribution in [3.63, 3.8) is 0 Å². The Morgan fingerprint density at radius 3 is 2.26 bits per heavy atom. The van der Waals surface area contributed by atoms with Crippen molar-refractivity contribution in [2.45, 2.75) is 46.7 Å². The van der Waals surface area contributed by atoms with Crippen molar-refractivity contribution in [1.29, 1.82) is 0 Å². The standard InChI is InChI=1S/C25H33N3O5S/c1-6-14-26-25(31)19(3)27(16-21-12-10-18(2)11-13-21)24(30)17-28(34(5,32)33)23-9-7-8-22(15-23)20(4)29/h7-13,15,19H,6,14,16-17H2,1-5H3,(H,26,31). The fourth-order valence-corrected chi connectivity index (χ4v) is 4.20. The lowest BCUT2D eigenvalue weighted by molar-refractivity contribution is -0.139. The van der Waals surface area contributed by atoms with Gasteiger partial charge in [0.1, 0.15) is 12.6 Å². The minimum absolute atomic E-state index is 0.144. The lowest BCUT2D eigenvalue weighted by Gasteiger charge is -2.31. The van der Waals surface area contributed by atoms with Crippen LogP contribution in [0.4, 0.5) is 5.69 Å². The molecule has 0 heterocycles. The Morgan fingerprint density at radius 1 is 1.06 bits per heavy atom. The van der Waals surface area contributed by atoms with Crippen LogP contribution in [0.25, 0.3) is 0 Å². The van der Waals surface area contributed by atoms with Gasteiger partial charge in [-0.1, -0.05) is 48.9 Å². The number of carbonyl (C=O) groups excluding carboxylic acids is 3. The van der Waals surface area contributed by atoms with Gasteiger partial charge in [-0.25, -0.2) is 8.42 Å². The Kier molecular flexibility index (Phi) is 9.37. The van der Waals surface area contributed by atoms with E-state index in [1.807, 2.05) is 38.1 Å². The first-order chi connectivity index (χ1) is 15.9. The molecule has 0 aliphatic rings. The van der Waals surface area contributed by atoms with Crippen molar-refractivity contribution < 1.29 is 22.8 Å². The summed E-state index contributed by atoms with van der Waals surface area (Å²) in [5.41, 5.74) is 2.42. The van der Waals surface area contributed by atoms with E-state index in [0.717, 1.165) is 28.1 Å². The van der Waals surface area contributed by atoms with Gasteiger partial charge in [0.25, 0.3) is 0 Å². The molecule has 8 nitrogen and oxygen atoms in total. The maximum Gasteiger partial charge on any atom is 0.244 e. The molecular formula is C25H33N3O5S. The number of rotatable bonds is 11. The van der Waals surface area contributed by atoms with Gasteiger partial charge in [0.05, 0.1) is 11.9 Å². The number of ketones is 1. The number of nitrogens with one attached hydrogen (secondary N) is 1. The van der Waals surface area contributed by atoms with E-state index in [9.17, 15) is 22.8 Å². The van der Waals surface area contributed by atoms with Gasteiger partial charge in [0.15, 0.2) is 5.78 Å². The van der Waals surface area contributed by atoms with E-state index in [0.29, 0.717) is 12.1 Å². The molecule has 1 atom stereocenters. The monoisotopic (exact) mass is 487 g/mol. The third kappa shape index (κ3) is 7.41. The van der Waals surface area contributed by atoms with Gasteiger partial charge in [-0.3, -0.25) is 18.7 Å². The summed E-state index contributed by atoms with van der Waals surface area (Å²) in [7, 11) is -3.85. The number of hydrogen-bond donors (Lipinski definition) is 1. The van der Waals surface area contributed by atoms with E-state index in [2.05, 4.69) is 5.32 Å². The van der Waals surface area contributed by atoms with Crippen molar-refractivity contribution in [2.24, 2.45) is 0 Å². The molecule has 0 aliphatic carbocycles. The SMILES string of the molecule is CCCNC(=O)C(C)N(Cc1ccc(C)cc1)C(=O)CN(c1cccc(C(C)=O)c1)S(C)(=O)=O. The first-order valence-corrected chi connectivity index (χ1v) is 13.0. The maximum atomic E-state index is 13.5. The minimum atomic E-state index is -3.85. The van der Waals surface area contributed by atoms with Gasteiger partial charge in [-0.05, 0) is 44.9 Å². The van der Waals surface area contributed by atoms with Crippen LogP contribution in [0.15, 0.2) is 48.5 Å². The summed E-state index contributed by atoms with van der Waals surface area (Å²) in [6.45, 7) is 7.00. The fourth-order valence-electron chi connectivity index (χ4n) is 3.36. The van der Waals surface area contributed by atoms with Crippen molar-refractivity contribution in [1.82, 2.24) is 10.2 Å². The van der Waals surface area contributed by atoms with E-state index >= 15 is 0 Å². The topological polar surface area (TPSA) is 104 Å². The van der Waals surface area contributed by atoms with Crippen LogP contribution in [0.2, 0.25) is 0 Å². The van der Waals surface area contributed by atoms with Crippen LogP contribution in [-0.2, 0) is 26.2 Å². The van der Waals surface area contributed by atoms with Crippen molar-refractivity contribution in [2.75, 3.05) is 23.7 Å². The highest BCUT2D eigenvalue weighted by Gasteiger charge is 2.30. The van der Waals surface area contributed by atoms with Gasteiger partial charge in [0, 0.05) is 18.7 Å². The van der Waals surface area contributed by atoms with Crippen LogP contribution in [0, 0.1) is 6.92 Å². The molecule has 0 fully saturated rings. The predicted molar refractivity (Wildman–Crippen MR) is 133 cm³/mol. The zero-order valence-electron chi connectivity index (χ0n) is 20.4. The Labute approximate surface area is 202 Å². The quantitative estimate of drug-likeness (QED) is 0.491. The first-order valence-electron chi connectivity index (χ1n) is 11.2. The molecule has 0 aliphatic heterocycles. The molecule has 1 unspecified atom stereocenters. The number of Topliss-reactive ketones (excluding diaryl/α,β-unsaturated/α-hetero) is 1. The van der Waals surface area contributed by atoms with Crippen LogP contribution < -0.4 is 9.62 Å². The number of amides is 2. The molecular weight excluding hydrogens is 454 g/mol. The molecule has 0 saturated carbocycles. The molecule has 0 radical (unpaired) electrons. The summed E-state index contributed by atoms with van der Waals surface area (Å²) >= 11 is 0. The average Bonchev–Trinajstić information content (AvgIpc) is 2.79. The number of aryl methyl sites for hydroxylation is 1. The molecule has 2 rings (SSSR count). The summed E-state index contributed by atoms with van der Waals surface area (Å²) in [5.74, 6) is -1.06. The summed E-state index contributed by atoms with van der Waals surface area (Å²) in [6.07, 6.45) is 1.75. The average molecular weight is 488 g/mol. The van der Waals surface area contributed by atoms with Crippen LogP contribution in [0.1, 0.15) is 48.7 Å². The highest BCUT2D eigenvalue weighted by Crippen LogP contribution is 2.21. The molecule has 9 heteroatoms. The lowest BCUT2D eigenvalue weighted by Crippen LogP contribution is -2.51. The van der Waals surface area contributed by atoms with Crippen molar-refractivity contribution in [3.8, 4) is 0 Å². The van der Waals surface area contributed by atoms with E-state index in [1.165, 1.54) is 24.0 Å². The first kappa shape index (κ1) is 27.0. The second-order valence-electron chi connectivity index (χ2n) is 8.35. The highest BCUT2D eigenvalue weighted by atomic mass is 32.2. The minimum Gasteiger partial charge on any atom is -0.354 e. The van der Waals surface area contributed by atoms with E-state index < -0.39 is 28.5 Å². The van der Waals surface area contributed by atoms with Crippen molar-refractivity contribution in [3.05, 3.63) is 65.2 Å². The van der Waals surface area contributed by atoms with Gasteiger partial charge >= 0.3 is 0 Å². The molecule has 2 amide bonds. The molecule has 0 spiro atoms. The maximum absolute atomic E-state index is 13.5. The zero-order valence-corrected chi connectivity index (χ0v) is 21.2. The third-order valence-electron chi connectivity index (χ3n) is 5.41. The molecule has 184 valence electrons. The van der Waals surface area contributed by atoms with Crippen LogP contribution >= 0.6 is 0 Å². The molecule has 34 heavy (non-hydrogen) atoms. The lowest BCUT2D eigenvalue weighted by atomic mass is 10.1. The van der Waals surface area contributed by atoms with E-state index in [4.69, 9.17) is 0 Å². The van der Waals surface area contributed by atoms with Gasteiger partial charge in [-0.2, -0.15) is 0 Å². The fraction of sp³-hybridized carbons (Fsp3) is 0.400. The second-order valence-corrected chi connectivity index (χ2v) is 10.3. The molecule has 0 bridgehead atoms. The molecule has 0 saturated heterocycles. The predicted octanol–water partition coefficient (Wildman–Crippen LogP) is 2.91. The Hall–Kier alpha value is -3.20.